The first-order valence-electron chi connectivity index (χ1n) is 6.80. The Kier molecular flexibility index (Phi) is 4.41. The predicted octanol–water partition coefficient (Wildman–Crippen LogP) is 2.86. The third kappa shape index (κ3) is 3.47. The Balaban J connectivity index is 2.29. The van der Waals surface area contributed by atoms with Gasteiger partial charge in [0.1, 0.15) is 0 Å². The molecule has 0 spiro atoms. The van der Waals surface area contributed by atoms with E-state index in [1.165, 1.54) is 12.1 Å². The molecule has 1 aromatic rings. The summed E-state index contributed by atoms with van der Waals surface area (Å²) in [5, 5.41) is 0. The molecule has 0 radical (unpaired) electrons. The van der Waals surface area contributed by atoms with Gasteiger partial charge < -0.3 is 10.3 Å². The number of rotatable bonds is 2. The van der Waals surface area contributed by atoms with Gasteiger partial charge in [0, 0.05) is 18.7 Å². The van der Waals surface area contributed by atoms with Crippen LogP contribution in [0.15, 0.2) is 18.2 Å². The van der Waals surface area contributed by atoms with Gasteiger partial charge in [0.25, 0.3) is 5.91 Å². The van der Waals surface area contributed by atoms with Gasteiger partial charge in [-0.2, -0.15) is 13.2 Å². The zero-order chi connectivity index (χ0) is 15.6. The van der Waals surface area contributed by atoms with Gasteiger partial charge in [-0.1, -0.05) is 6.92 Å². The summed E-state index contributed by atoms with van der Waals surface area (Å²) in [5.74, 6) is 5.09. The highest BCUT2D eigenvalue weighted by Crippen LogP contribution is 2.35. The van der Waals surface area contributed by atoms with Gasteiger partial charge >= 0.3 is 6.18 Å². The number of piperidine rings is 1. The van der Waals surface area contributed by atoms with E-state index in [1.54, 1.807) is 4.90 Å². The lowest BCUT2D eigenvalue weighted by molar-refractivity contribution is -0.137. The fraction of sp³-hybridized carbons (Fsp3) is 0.500. The predicted molar refractivity (Wildman–Crippen MR) is 73.6 cm³/mol. The molecule has 116 valence electrons. The molecular weight excluding hydrogens is 283 g/mol. The lowest BCUT2D eigenvalue weighted by atomic mass is 9.99. The van der Waals surface area contributed by atoms with Crippen molar-refractivity contribution < 1.29 is 18.0 Å². The Morgan fingerprint density at radius 1 is 1.43 bits per heavy atom. The maximum Gasteiger partial charge on any atom is 0.418 e. The second-order valence-electron chi connectivity index (χ2n) is 5.40. The molecule has 1 unspecified atom stereocenters. The molecule has 2 rings (SSSR count). The van der Waals surface area contributed by atoms with Gasteiger partial charge in [-0.05, 0) is 37.0 Å². The van der Waals surface area contributed by atoms with E-state index in [9.17, 15) is 18.0 Å². The normalized spacial score (nSPS) is 19.5. The van der Waals surface area contributed by atoms with Gasteiger partial charge in [-0.15, -0.1) is 0 Å². The number of carbonyl (C=O) groups excluding carboxylic acids is 1. The van der Waals surface area contributed by atoms with E-state index in [-0.39, 0.29) is 17.2 Å². The Morgan fingerprint density at radius 3 is 2.71 bits per heavy atom. The lowest BCUT2D eigenvalue weighted by Gasteiger charge is -2.31. The van der Waals surface area contributed by atoms with Crippen LogP contribution < -0.4 is 11.3 Å². The molecule has 4 nitrogen and oxygen atoms in total. The van der Waals surface area contributed by atoms with Gasteiger partial charge in [0.05, 0.1) is 11.3 Å². The zero-order valence-corrected chi connectivity index (χ0v) is 11.7. The molecule has 1 heterocycles. The number of anilines is 1. The van der Waals surface area contributed by atoms with Crippen LogP contribution in [-0.4, -0.2) is 23.9 Å². The number of hydrazine groups is 1. The first-order chi connectivity index (χ1) is 9.82. The molecular formula is C14H18F3N3O. The summed E-state index contributed by atoms with van der Waals surface area (Å²) in [6.45, 7) is 3.19. The standard InChI is InChI=1S/C14H18F3N3O/c1-9-3-2-6-20(8-9)13(21)10-4-5-12(19-18)11(7-10)14(15,16)17/h4-5,7,9,19H,2-3,6,8,18H2,1H3. The summed E-state index contributed by atoms with van der Waals surface area (Å²) in [5.41, 5.74) is 0.873. The first-order valence-corrected chi connectivity index (χ1v) is 6.80. The molecule has 1 aliphatic heterocycles. The van der Waals surface area contributed by atoms with Crippen LogP contribution in [0.25, 0.3) is 0 Å². The molecule has 3 N–H and O–H groups in total. The SMILES string of the molecule is CC1CCCN(C(=O)c2ccc(NN)c(C(F)(F)F)c2)C1. The number of nitrogens with zero attached hydrogens (tertiary/aromatic N) is 1. The molecule has 1 aliphatic rings. The molecule has 0 saturated carbocycles. The molecule has 1 saturated heterocycles. The van der Waals surface area contributed by atoms with Crippen LogP contribution in [0, 0.1) is 5.92 Å². The van der Waals surface area contributed by atoms with Crippen molar-refractivity contribution in [2.24, 2.45) is 11.8 Å². The average molecular weight is 301 g/mol. The van der Waals surface area contributed by atoms with Crippen LogP contribution >= 0.6 is 0 Å². The maximum absolute atomic E-state index is 13.0. The van der Waals surface area contributed by atoms with Crippen molar-refractivity contribution >= 4 is 11.6 Å². The number of carbonyl (C=O) groups is 1. The monoisotopic (exact) mass is 301 g/mol. The van der Waals surface area contributed by atoms with Crippen molar-refractivity contribution in [3.63, 3.8) is 0 Å². The number of amides is 1. The maximum atomic E-state index is 13.0. The summed E-state index contributed by atoms with van der Waals surface area (Å²) >= 11 is 0. The van der Waals surface area contributed by atoms with Crippen molar-refractivity contribution in [1.82, 2.24) is 4.90 Å². The smallest absolute Gasteiger partial charge is 0.338 e. The Labute approximate surface area is 121 Å². The Morgan fingerprint density at radius 2 is 2.14 bits per heavy atom. The number of alkyl halides is 3. The molecule has 0 aliphatic carbocycles. The minimum absolute atomic E-state index is 0.0374. The molecule has 0 bridgehead atoms. The molecule has 1 fully saturated rings. The minimum Gasteiger partial charge on any atom is -0.338 e. The summed E-state index contributed by atoms with van der Waals surface area (Å²) in [6, 6.07) is 3.41. The number of hydrogen-bond acceptors (Lipinski definition) is 3. The van der Waals surface area contributed by atoms with E-state index in [0.717, 1.165) is 18.9 Å². The summed E-state index contributed by atoms with van der Waals surface area (Å²) in [4.78, 5) is 13.9. The molecule has 1 atom stereocenters. The van der Waals surface area contributed by atoms with Crippen molar-refractivity contribution in [3.8, 4) is 0 Å². The molecule has 1 aromatic carbocycles. The number of hydrogen-bond donors (Lipinski definition) is 2. The third-order valence-electron chi connectivity index (χ3n) is 3.67. The zero-order valence-electron chi connectivity index (χ0n) is 11.7. The van der Waals surface area contributed by atoms with E-state index in [0.29, 0.717) is 19.0 Å². The van der Waals surface area contributed by atoms with Crippen molar-refractivity contribution in [3.05, 3.63) is 29.3 Å². The molecule has 0 aromatic heterocycles. The molecule has 7 heteroatoms. The van der Waals surface area contributed by atoms with Crippen LogP contribution in [-0.2, 0) is 6.18 Å². The average Bonchev–Trinajstić information content (AvgIpc) is 2.45. The number of nitrogens with two attached hydrogens (primary N) is 1. The number of nitrogens with one attached hydrogen (secondary N) is 1. The van der Waals surface area contributed by atoms with E-state index >= 15 is 0 Å². The first kappa shape index (κ1) is 15.6. The van der Waals surface area contributed by atoms with E-state index in [4.69, 9.17) is 5.84 Å². The number of halogens is 3. The highest BCUT2D eigenvalue weighted by Gasteiger charge is 2.34. The number of likely N-dealkylation sites (tertiary alicyclic amines) is 1. The highest BCUT2D eigenvalue weighted by molar-refractivity contribution is 5.95. The number of nitrogen functional groups attached to an aromatic ring is 1. The Bertz CT molecular complexity index is 531. The Hall–Kier alpha value is -1.76. The quantitative estimate of drug-likeness (QED) is 0.652. The summed E-state index contributed by atoms with van der Waals surface area (Å²) in [6.07, 6.45) is -2.65. The van der Waals surface area contributed by atoms with Crippen molar-refractivity contribution in [2.75, 3.05) is 18.5 Å². The fourth-order valence-electron chi connectivity index (χ4n) is 2.59. The van der Waals surface area contributed by atoms with Gasteiger partial charge in [-0.25, -0.2) is 0 Å². The van der Waals surface area contributed by atoms with Gasteiger partial charge in [0.2, 0.25) is 0 Å². The van der Waals surface area contributed by atoms with E-state index < -0.39 is 11.7 Å². The van der Waals surface area contributed by atoms with Crippen LogP contribution in [0.5, 0.6) is 0 Å². The third-order valence-corrected chi connectivity index (χ3v) is 3.67. The second kappa shape index (κ2) is 5.93. The lowest BCUT2D eigenvalue weighted by Crippen LogP contribution is -2.39. The van der Waals surface area contributed by atoms with E-state index in [2.05, 4.69) is 0 Å². The topological polar surface area (TPSA) is 58.4 Å². The second-order valence-corrected chi connectivity index (χ2v) is 5.40. The van der Waals surface area contributed by atoms with Crippen LogP contribution in [0.2, 0.25) is 0 Å². The van der Waals surface area contributed by atoms with Gasteiger partial charge in [0.15, 0.2) is 0 Å². The minimum atomic E-state index is -4.56. The van der Waals surface area contributed by atoms with Crippen LogP contribution in [0.4, 0.5) is 18.9 Å². The summed E-state index contributed by atoms with van der Waals surface area (Å²) < 4.78 is 38.9. The largest absolute Gasteiger partial charge is 0.418 e. The fourth-order valence-corrected chi connectivity index (χ4v) is 2.59. The molecule has 21 heavy (non-hydrogen) atoms. The van der Waals surface area contributed by atoms with E-state index in [1.807, 2.05) is 12.3 Å². The van der Waals surface area contributed by atoms with Crippen LogP contribution in [0.1, 0.15) is 35.7 Å². The van der Waals surface area contributed by atoms with Crippen molar-refractivity contribution in [2.45, 2.75) is 25.9 Å². The van der Waals surface area contributed by atoms with Crippen molar-refractivity contribution in [1.29, 1.82) is 0 Å². The van der Waals surface area contributed by atoms with Crippen LogP contribution in [0.3, 0.4) is 0 Å². The summed E-state index contributed by atoms with van der Waals surface area (Å²) in [7, 11) is 0. The molecule has 1 amide bonds. The number of benzene rings is 1. The van der Waals surface area contributed by atoms with Gasteiger partial charge in [-0.3, -0.25) is 10.6 Å². The highest BCUT2D eigenvalue weighted by atomic mass is 19.4.